The van der Waals surface area contributed by atoms with E-state index in [1.165, 1.54) is 18.6 Å². The lowest BCUT2D eigenvalue weighted by Gasteiger charge is -2.23. The van der Waals surface area contributed by atoms with Crippen LogP contribution in [0.25, 0.3) is 0 Å². The minimum Gasteiger partial charge on any atom is -0.461 e. The monoisotopic (exact) mass is 483 g/mol. The van der Waals surface area contributed by atoms with Crippen LogP contribution in [0.3, 0.4) is 0 Å². The predicted octanol–water partition coefficient (Wildman–Crippen LogP) is -0.0696. The van der Waals surface area contributed by atoms with E-state index in [0.29, 0.717) is 0 Å². The zero-order chi connectivity index (χ0) is 25.6. The van der Waals surface area contributed by atoms with Crippen LogP contribution in [-0.2, 0) is 19.0 Å². The van der Waals surface area contributed by atoms with Crippen molar-refractivity contribution in [2.75, 3.05) is 20.7 Å². The quantitative estimate of drug-likeness (QED) is 0.259. The number of aliphatic imine (C=N–C) groups is 1. The zero-order valence-corrected chi connectivity index (χ0v) is 20.2. The van der Waals surface area contributed by atoms with Crippen LogP contribution in [0, 0.1) is 0 Å². The molecule has 13 heteroatoms. The predicted molar refractivity (Wildman–Crippen MR) is 121 cm³/mol. The number of nitrogens with one attached hydrogen (secondary N) is 1. The van der Waals surface area contributed by atoms with E-state index in [1.54, 1.807) is 46.7 Å². The Balaban J connectivity index is 2.00. The molecular formula is C21H33N5O8. The van der Waals surface area contributed by atoms with E-state index < -0.39 is 60.5 Å². The summed E-state index contributed by atoms with van der Waals surface area (Å²) in [5, 5.41) is 23.2. The summed E-state index contributed by atoms with van der Waals surface area (Å²) in [5.74, 6) is -0.597. The number of aliphatic hydroxyl groups excluding tert-OH is 2. The minimum atomic E-state index is -1.47. The molecule has 1 amide bonds. The summed E-state index contributed by atoms with van der Waals surface area (Å²) in [6, 6.07) is 0.474. The van der Waals surface area contributed by atoms with Gasteiger partial charge in [0, 0.05) is 20.3 Å². The van der Waals surface area contributed by atoms with Gasteiger partial charge in [-0.15, -0.1) is 0 Å². The highest BCUT2D eigenvalue weighted by atomic mass is 16.6. The maximum atomic E-state index is 12.4. The Labute approximate surface area is 197 Å². The molecular weight excluding hydrogens is 450 g/mol. The number of hydrogen-bond donors (Lipinski definition) is 3. The molecule has 13 nitrogen and oxygen atoms in total. The Morgan fingerprint density at radius 3 is 2.59 bits per heavy atom. The Hall–Kier alpha value is -3.03. The van der Waals surface area contributed by atoms with E-state index in [0.717, 1.165) is 4.57 Å². The van der Waals surface area contributed by atoms with Crippen LogP contribution >= 0.6 is 0 Å². The highest BCUT2D eigenvalue weighted by Crippen LogP contribution is 2.28. The van der Waals surface area contributed by atoms with Gasteiger partial charge >= 0.3 is 17.8 Å². The minimum absolute atomic E-state index is 0.163. The van der Waals surface area contributed by atoms with Gasteiger partial charge in [-0.1, -0.05) is 6.92 Å². The van der Waals surface area contributed by atoms with Gasteiger partial charge in [-0.25, -0.2) is 19.4 Å². The summed E-state index contributed by atoms with van der Waals surface area (Å²) in [4.78, 5) is 46.2. The highest BCUT2D eigenvalue weighted by molar-refractivity contribution is 5.81. The fourth-order valence-electron chi connectivity index (χ4n) is 2.98. The number of hydrogen-bond acceptors (Lipinski definition) is 10. The second kappa shape index (κ2) is 11.4. The second-order valence-corrected chi connectivity index (χ2v) is 8.97. The van der Waals surface area contributed by atoms with Crippen LogP contribution in [0.4, 0.5) is 10.6 Å². The van der Waals surface area contributed by atoms with Crippen LogP contribution in [0.2, 0.25) is 0 Å². The number of ether oxygens (including phenoxy) is 3. The number of esters is 1. The lowest BCUT2D eigenvalue weighted by Crippen LogP contribution is -2.45. The van der Waals surface area contributed by atoms with E-state index in [4.69, 9.17) is 14.2 Å². The van der Waals surface area contributed by atoms with Crippen molar-refractivity contribution in [3.63, 3.8) is 0 Å². The van der Waals surface area contributed by atoms with Gasteiger partial charge < -0.3 is 34.6 Å². The van der Waals surface area contributed by atoms with E-state index >= 15 is 0 Å². The Morgan fingerprint density at radius 1 is 1.35 bits per heavy atom. The number of carbonyl (C=O) groups is 2. The van der Waals surface area contributed by atoms with Crippen molar-refractivity contribution in [1.29, 1.82) is 0 Å². The molecule has 2 rings (SSSR count). The summed E-state index contributed by atoms with van der Waals surface area (Å²) in [5.41, 5.74) is -1.47. The maximum absolute atomic E-state index is 12.4. The van der Waals surface area contributed by atoms with E-state index in [2.05, 4.69) is 15.3 Å². The standard InChI is InChI=1S/C21H33N5O8/c1-7-12(23-20(31)34-21(2,3)4)18(29)32-10-13-15(27)16(28)17(33-13)26-9-8-14(24-19(26)30)22-11-25(5)6/h8-9,11-13,15-17,27-28H,7,10H2,1-6H3,(H,23,31)/t12-,13+,15+,16+,17+/m0/s1. The molecule has 1 aliphatic rings. The first-order valence-corrected chi connectivity index (χ1v) is 10.8. The van der Waals surface area contributed by atoms with Gasteiger partial charge in [0.15, 0.2) is 12.0 Å². The fraction of sp³-hybridized carbons (Fsp3) is 0.667. The topological polar surface area (TPSA) is 165 Å². The number of alkyl carbamates (subject to hydrolysis) is 1. The highest BCUT2D eigenvalue weighted by Gasteiger charge is 2.45. The molecule has 0 aliphatic carbocycles. The summed E-state index contributed by atoms with van der Waals surface area (Å²) in [6.07, 6.45) is -2.98. The molecule has 1 fully saturated rings. The molecule has 0 unspecified atom stereocenters. The van der Waals surface area contributed by atoms with Gasteiger partial charge in [0.2, 0.25) is 0 Å². The van der Waals surface area contributed by atoms with Crippen molar-refractivity contribution >= 4 is 24.2 Å². The van der Waals surface area contributed by atoms with Crippen molar-refractivity contribution in [3.05, 3.63) is 22.7 Å². The van der Waals surface area contributed by atoms with Gasteiger partial charge in [-0.05, 0) is 33.3 Å². The van der Waals surface area contributed by atoms with Crippen molar-refractivity contribution < 1.29 is 34.0 Å². The summed E-state index contributed by atoms with van der Waals surface area (Å²) in [6.45, 7) is 6.34. The van der Waals surface area contributed by atoms with Crippen molar-refractivity contribution in [2.24, 2.45) is 4.99 Å². The third-order valence-electron chi connectivity index (χ3n) is 4.62. The van der Waals surface area contributed by atoms with Crippen LogP contribution in [0.5, 0.6) is 0 Å². The molecule has 0 spiro atoms. The van der Waals surface area contributed by atoms with Crippen molar-refractivity contribution in [3.8, 4) is 0 Å². The fourth-order valence-corrected chi connectivity index (χ4v) is 2.98. The van der Waals surface area contributed by atoms with Gasteiger partial charge in [-0.2, -0.15) is 4.98 Å². The van der Waals surface area contributed by atoms with Crippen molar-refractivity contribution in [2.45, 2.75) is 70.3 Å². The van der Waals surface area contributed by atoms with E-state index in [1.807, 2.05) is 0 Å². The first kappa shape index (κ1) is 27.2. The molecule has 190 valence electrons. The Kier molecular flexibility index (Phi) is 9.13. The average Bonchev–Trinajstić information content (AvgIpc) is 3.01. The lowest BCUT2D eigenvalue weighted by atomic mass is 10.1. The number of carbonyl (C=O) groups excluding carboxylic acids is 2. The third kappa shape index (κ3) is 7.50. The molecule has 1 aromatic heterocycles. The number of rotatable bonds is 8. The van der Waals surface area contributed by atoms with Gasteiger partial charge in [0.1, 0.15) is 36.6 Å². The van der Waals surface area contributed by atoms with Gasteiger partial charge in [0.25, 0.3) is 0 Å². The maximum Gasteiger partial charge on any atom is 0.408 e. The molecule has 5 atom stereocenters. The largest absolute Gasteiger partial charge is 0.461 e. The second-order valence-electron chi connectivity index (χ2n) is 8.97. The average molecular weight is 484 g/mol. The zero-order valence-electron chi connectivity index (χ0n) is 20.2. The van der Waals surface area contributed by atoms with E-state index in [-0.39, 0.29) is 12.2 Å². The molecule has 0 radical (unpaired) electrons. The normalized spacial score (nSPS) is 23.5. The number of nitrogens with zero attached hydrogens (tertiary/aromatic N) is 4. The van der Waals surface area contributed by atoms with Crippen molar-refractivity contribution in [1.82, 2.24) is 19.8 Å². The number of aliphatic hydroxyl groups is 2. The SMILES string of the molecule is CC[C@H](NC(=O)OC(C)(C)C)C(=O)OC[C@H]1O[C@@H](n2ccc(N=CN(C)C)nc2=O)[C@H](O)[C@@H]1O. The molecule has 1 aliphatic heterocycles. The lowest BCUT2D eigenvalue weighted by molar-refractivity contribution is -0.152. The third-order valence-corrected chi connectivity index (χ3v) is 4.62. The molecule has 0 bridgehead atoms. The van der Waals surface area contributed by atoms with Crippen LogP contribution in [0.1, 0.15) is 40.3 Å². The van der Waals surface area contributed by atoms with Gasteiger partial charge in [0.05, 0.1) is 6.34 Å². The van der Waals surface area contributed by atoms with Crippen LogP contribution in [-0.4, -0.2) is 93.7 Å². The smallest absolute Gasteiger partial charge is 0.408 e. The Morgan fingerprint density at radius 2 is 2.03 bits per heavy atom. The molecule has 0 aromatic carbocycles. The first-order valence-electron chi connectivity index (χ1n) is 10.8. The molecule has 34 heavy (non-hydrogen) atoms. The number of aromatic nitrogens is 2. The summed E-state index contributed by atoms with van der Waals surface area (Å²) >= 11 is 0. The molecule has 1 aromatic rings. The molecule has 3 N–H and O–H groups in total. The molecule has 0 saturated carbocycles. The van der Waals surface area contributed by atoms with Gasteiger partial charge in [-0.3, -0.25) is 4.57 Å². The summed E-state index contributed by atoms with van der Waals surface area (Å²) < 4.78 is 16.9. The van der Waals surface area contributed by atoms with E-state index in [9.17, 15) is 24.6 Å². The molecule has 2 heterocycles. The number of amides is 1. The summed E-state index contributed by atoms with van der Waals surface area (Å²) in [7, 11) is 3.52. The van der Waals surface area contributed by atoms with Crippen LogP contribution in [0.15, 0.2) is 22.1 Å². The molecule has 1 saturated heterocycles. The van der Waals surface area contributed by atoms with Crippen LogP contribution < -0.4 is 11.0 Å². The Bertz CT molecular complexity index is 942. The first-order chi connectivity index (χ1) is 15.8.